The molecule has 1 N–H and O–H groups in total. The molecule has 0 aromatic carbocycles. The van der Waals surface area contributed by atoms with Gasteiger partial charge in [-0.2, -0.15) is 5.26 Å². The van der Waals surface area contributed by atoms with E-state index < -0.39 is 6.10 Å². The van der Waals surface area contributed by atoms with E-state index in [2.05, 4.69) is 6.58 Å². The van der Waals surface area contributed by atoms with Crippen molar-refractivity contribution in [3.05, 3.63) is 12.2 Å². The highest BCUT2D eigenvalue weighted by Crippen LogP contribution is 2.06. The van der Waals surface area contributed by atoms with Crippen molar-refractivity contribution in [2.45, 2.75) is 32.3 Å². The van der Waals surface area contributed by atoms with Crippen LogP contribution in [0.15, 0.2) is 12.2 Å². The topological polar surface area (TPSA) is 44.0 Å². The lowest BCUT2D eigenvalue weighted by Gasteiger charge is -2.05. The predicted octanol–water partition coefficient (Wildman–Crippen LogP) is 1.62. The number of unbranched alkanes of at least 4 members (excludes halogenated alkanes) is 1. The van der Waals surface area contributed by atoms with Crippen molar-refractivity contribution < 1.29 is 5.11 Å². The van der Waals surface area contributed by atoms with Gasteiger partial charge in [0, 0.05) is 0 Å². The van der Waals surface area contributed by atoms with E-state index >= 15 is 0 Å². The van der Waals surface area contributed by atoms with Crippen LogP contribution < -0.4 is 0 Å². The third-order valence-corrected chi connectivity index (χ3v) is 1.38. The molecule has 0 aromatic heterocycles. The molecule has 2 heteroatoms. The molecule has 0 bridgehead atoms. The van der Waals surface area contributed by atoms with Gasteiger partial charge in [-0.25, -0.2) is 0 Å². The molecule has 56 valence electrons. The number of nitriles is 1. The highest BCUT2D eigenvalue weighted by Gasteiger charge is 2.05. The third-order valence-electron chi connectivity index (χ3n) is 1.38. The van der Waals surface area contributed by atoms with Gasteiger partial charge in [0.25, 0.3) is 0 Å². The molecule has 0 aliphatic carbocycles. The zero-order valence-corrected chi connectivity index (χ0v) is 6.30. The summed E-state index contributed by atoms with van der Waals surface area (Å²) < 4.78 is 0. The van der Waals surface area contributed by atoms with E-state index in [4.69, 9.17) is 10.4 Å². The summed E-state index contributed by atoms with van der Waals surface area (Å²) in [4.78, 5) is 0. The maximum Gasteiger partial charge on any atom is 0.0968 e. The monoisotopic (exact) mass is 139 g/mol. The molecule has 0 spiro atoms. The number of hydrogen-bond donors (Lipinski definition) is 1. The zero-order valence-electron chi connectivity index (χ0n) is 6.30. The van der Waals surface area contributed by atoms with E-state index in [0.29, 0.717) is 6.42 Å². The summed E-state index contributed by atoms with van der Waals surface area (Å²) >= 11 is 0. The quantitative estimate of drug-likeness (QED) is 0.601. The summed E-state index contributed by atoms with van der Waals surface area (Å²) in [6, 6.07) is 1.83. The summed E-state index contributed by atoms with van der Waals surface area (Å²) in [5.41, 5.74) is 0.272. The first kappa shape index (κ1) is 9.19. The first-order chi connectivity index (χ1) is 4.72. The number of rotatable bonds is 4. The highest BCUT2D eigenvalue weighted by atomic mass is 16.3. The second-order valence-electron chi connectivity index (χ2n) is 2.30. The van der Waals surface area contributed by atoms with Crippen LogP contribution in [0.3, 0.4) is 0 Å². The van der Waals surface area contributed by atoms with E-state index in [1.165, 1.54) is 0 Å². The van der Waals surface area contributed by atoms with Gasteiger partial charge in [0.1, 0.15) is 0 Å². The highest BCUT2D eigenvalue weighted by molar-refractivity contribution is 5.20. The Morgan fingerprint density at radius 3 is 2.80 bits per heavy atom. The van der Waals surface area contributed by atoms with Crippen LogP contribution in [-0.2, 0) is 0 Å². The number of hydrogen-bond acceptors (Lipinski definition) is 2. The third kappa shape index (κ3) is 3.26. The average Bonchev–Trinajstić information content (AvgIpc) is 1.98. The van der Waals surface area contributed by atoms with Crippen molar-refractivity contribution in [1.82, 2.24) is 0 Å². The fourth-order valence-corrected chi connectivity index (χ4v) is 0.646. The molecule has 0 saturated heterocycles. The van der Waals surface area contributed by atoms with Gasteiger partial charge in [0.15, 0.2) is 0 Å². The van der Waals surface area contributed by atoms with Gasteiger partial charge in [-0.05, 0) is 6.42 Å². The molecule has 0 heterocycles. The van der Waals surface area contributed by atoms with Gasteiger partial charge in [0.2, 0.25) is 0 Å². The van der Waals surface area contributed by atoms with Crippen LogP contribution in [0.25, 0.3) is 0 Å². The molecule has 0 saturated carbocycles. The Morgan fingerprint density at radius 2 is 2.40 bits per heavy atom. The van der Waals surface area contributed by atoms with Crippen LogP contribution in [0.1, 0.15) is 26.2 Å². The molecule has 1 atom stereocenters. The Hall–Kier alpha value is -0.810. The van der Waals surface area contributed by atoms with Gasteiger partial charge in [-0.15, -0.1) is 0 Å². The van der Waals surface area contributed by atoms with E-state index in [-0.39, 0.29) is 5.57 Å². The molecule has 0 rings (SSSR count). The number of aliphatic hydroxyl groups is 1. The Labute approximate surface area is 61.8 Å². The Morgan fingerprint density at radius 1 is 1.80 bits per heavy atom. The summed E-state index contributed by atoms with van der Waals surface area (Å²) in [6.45, 7) is 5.46. The maximum atomic E-state index is 9.13. The van der Waals surface area contributed by atoms with E-state index in [1.807, 2.05) is 13.0 Å². The minimum absolute atomic E-state index is 0.272. The molecule has 0 aromatic rings. The summed E-state index contributed by atoms with van der Waals surface area (Å²) in [5, 5.41) is 17.4. The lowest BCUT2D eigenvalue weighted by Crippen LogP contribution is -2.07. The molecule has 0 amide bonds. The van der Waals surface area contributed by atoms with Crippen molar-refractivity contribution in [3.8, 4) is 6.07 Å². The zero-order chi connectivity index (χ0) is 7.98. The largest absolute Gasteiger partial charge is 0.388 e. The van der Waals surface area contributed by atoms with E-state index in [9.17, 15) is 0 Å². The van der Waals surface area contributed by atoms with Crippen LogP contribution >= 0.6 is 0 Å². The fourth-order valence-electron chi connectivity index (χ4n) is 0.646. The predicted molar refractivity (Wildman–Crippen MR) is 40.3 cm³/mol. The van der Waals surface area contributed by atoms with Gasteiger partial charge in [-0.1, -0.05) is 26.3 Å². The summed E-state index contributed by atoms with van der Waals surface area (Å²) in [7, 11) is 0. The Bertz CT molecular complexity index is 146. The molecule has 0 aliphatic rings. The average molecular weight is 139 g/mol. The normalized spacial score (nSPS) is 12.1. The van der Waals surface area contributed by atoms with Crippen molar-refractivity contribution in [1.29, 1.82) is 5.26 Å². The standard InChI is InChI=1S/C8H13NO/c1-3-4-5-8(10)7(2)6-9/h8,10H,2-5H2,1H3. The van der Waals surface area contributed by atoms with Gasteiger partial charge in [-0.3, -0.25) is 0 Å². The smallest absolute Gasteiger partial charge is 0.0968 e. The van der Waals surface area contributed by atoms with Crippen LogP contribution in [0.5, 0.6) is 0 Å². The van der Waals surface area contributed by atoms with Crippen molar-refractivity contribution >= 4 is 0 Å². The first-order valence-corrected chi connectivity index (χ1v) is 3.49. The SMILES string of the molecule is C=C(C#N)C(O)CCCC. The summed E-state index contributed by atoms with van der Waals surface area (Å²) in [5.74, 6) is 0. The van der Waals surface area contributed by atoms with Gasteiger partial charge >= 0.3 is 0 Å². The minimum atomic E-state index is -0.620. The lowest BCUT2D eigenvalue weighted by molar-refractivity contribution is 0.202. The Balaban J connectivity index is 3.54. The molecule has 0 fully saturated rings. The van der Waals surface area contributed by atoms with E-state index in [0.717, 1.165) is 12.8 Å². The van der Waals surface area contributed by atoms with Crippen molar-refractivity contribution in [2.75, 3.05) is 0 Å². The molecule has 0 aliphatic heterocycles. The van der Waals surface area contributed by atoms with Crippen LogP contribution in [0.2, 0.25) is 0 Å². The van der Waals surface area contributed by atoms with Crippen molar-refractivity contribution in [2.24, 2.45) is 0 Å². The van der Waals surface area contributed by atoms with Crippen LogP contribution in [0, 0.1) is 11.3 Å². The fraction of sp³-hybridized carbons (Fsp3) is 0.625. The molecule has 1 unspecified atom stereocenters. The minimum Gasteiger partial charge on any atom is -0.388 e. The molecular weight excluding hydrogens is 126 g/mol. The van der Waals surface area contributed by atoms with Crippen LogP contribution in [0.4, 0.5) is 0 Å². The van der Waals surface area contributed by atoms with Crippen LogP contribution in [-0.4, -0.2) is 11.2 Å². The Kier molecular flexibility index (Phi) is 4.61. The lowest BCUT2D eigenvalue weighted by atomic mass is 10.1. The van der Waals surface area contributed by atoms with Crippen molar-refractivity contribution in [3.63, 3.8) is 0 Å². The first-order valence-electron chi connectivity index (χ1n) is 3.49. The second-order valence-corrected chi connectivity index (χ2v) is 2.30. The van der Waals surface area contributed by atoms with E-state index in [1.54, 1.807) is 0 Å². The molecular formula is C8H13NO. The van der Waals surface area contributed by atoms with Gasteiger partial charge < -0.3 is 5.11 Å². The van der Waals surface area contributed by atoms with Gasteiger partial charge in [0.05, 0.1) is 17.7 Å². The second kappa shape index (κ2) is 5.01. The maximum absolute atomic E-state index is 9.13. The number of nitrogens with zero attached hydrogens (tertiary/aromatic N) is 1. The summed E-state index contributed by atoms with van der Waals surface area (Å²) in [6.07, 6.45) is 2.02. The molecule has 0 radical (unpaired) electrons. The molecule has 2 nitrogen and oxygen atoms in total. The molecule has 10 heavy (non-hydrogen) atoms. The number of aliphatic hydroxyl groups excluding tert-OH is 1.